The van der Waals surface area contributed by atoms with Gasteiger partial charge >= 0.3 is 0 Å². The molecule has 3 aliphatic rings. The summed E-state index contributed by atoms with van der Waals surface area (Å²) in [7, 11) is -3.34. The Morgan fingerprint density at radius 1 is 1.00 bits per heavy atom. The van der Waals surface area contributed by atoms with Crippen molar-refractivity contribution in [3.8, 4) is 11.5 Å². The molecular formula is C21H23NO5S. The monoisotopic (exact) mass is 401 g/mol. The SMILES string of the molecule is CS(=O)(=O)Nc1cccc([C@H]2O[C@H]3CCCC[C@@H]3c3cc4c(cc32)OCO4)c1. The molecule has 148 valence electrons. The minimum atomic E-state index is -3.34. The first-order valence-electron chi connectivity index (χ1n) is 9.64. The van der Waals surface area contributed by atoms with Crippen molar-refractivity contribution in [3.63, 3.8) is 0 Å². The molecule has 0 unspecified atom stereocenters. The second kappa shape index (κ2) is 6.67. The van der Waals surface area contributed by atoms with Crippen LogP contribution in [0, 0.1) is 0 Å². The van der Waals surface area contributed by atoms with E-state index in [4.69, 9.17) is 14.2 Å². The third kappa shape index (κ3) is 3.22. The van der Waals surface area contributed by atoms with Gasteiger partial charge in [0, 0.05) is 11.6 Å². The summed E-state index contributed by atoms with van der Waals surface area (Å²) >= 11 is 0. The van der Waals surface area contributed by atoms with E-state index in [2.05, 4.69) is 10.8 Å². The third-order valence-corrected chi connectivity index (χ3v) is 6.37. The van der Waals surface area contributed by atoms with Gasteiger partial charge in [0.05, 0.1) is 12.4 Å². The van der Waals surface area contributed by atoms with E-state index in [1.165, 1.54) is 18.4 Å². The van der Waals surface area contributed by atoms with E-state index in [0.717, 1.165) is 41.7 Å². The number of sulfonamides is 1. The predicted molar refractivity (Wildman–Crippen MR) is 105 cm³/mol. The van der Waals surface area contributed by atoms with Gasteiger partial charge in [-0.25, -0.2) is 8.42 Å². The number of benzene rings is 2. The lowest BCUT2D eigenvalue weighted by Crippen LogP contribution is -2.33. The number of nitrogens with one attached hydrogen (secondary N) is 1. The van der Waals surface area contributed by atoms with Gasteiger partial charge in [0.1, 0.15) is 6.10 Å². The molecule has 6 nitrogen and oxygen atoms in total. The summed E-state index contributed by atoms with van der Waals surface area (Å²) in [6.07, 6.45) is 5.58. The van der Waals surface area contributed by atoms with Crippen LogP contribution in [0.3, 0.4) is 0 Å². The van der Waals surface area contributed by atoms with Crippen LogP contribution in [0.1, 0.15) is 54.4 Å². The van der Waals surface area contributed by atoms with Crippen LogP contribution in [0.25, 0.3) is 0 Å². The number of hydrogen-bond donors (Lipinski definition) is 1. The fraction of sp³-hybridized carbons (Fsp3) is 0.429. The lowest BCUT2D eigenvalue weighted by Gasteiger charge is -2.41. The zero-order valence-corrected chi connectivity index (χ0v) is 16.5. The summed E-state index contributed by atoms with van der Waals surface area (Å²) in [6, 6.07) is 11.6. The Hall–Kier alpha value is -2.25. The minimum Gasteiger partial charge on any atom is -0.454 e. The van der Waals surface area contributed by atoms with Gasteiger partial charge in [0.15, 0.2) is 11.5 Å². The average Bonchev–Trinajstić information content (AvgIpc) is 3.12. The van der Waals surface area contributed by atoms with E-state index in [9.17, 15) is 8.42 Å². The Bertz CT molecular complexity index is 1020. The second-order valence-corrected chi connectivity index (χ2v) is 9.53. The Labute approximate surface area is 164 Å². The van der Waals surface area contributed by atoms with Gasteiger partial charge in [-0.3, -0.25) is 4.72 Å². The highest BCUT2D eigenvalue weighted by atomic mass is 32.2. The zero-order chi connectivity index (χ0) is 19.3. The number of ether oxygens (including phenoxy) is 3. The van der Waals surface area contributed by atoms with Crippen molar-refractivity contribution in [2.75, 3.05) is 17.8 Å². The maximum Gasteiger partial charge on any atom is 0.231 e. The van der Waals surface area contributed by atoms with Gasteiger partial charge in [0.25, 0.3) is 0 Å². The van der Waals surface area contributed by atoms with E-state index in [1.807, 2.05) is 24.3 Å². The van der Waals surface area contributed by atoms with E-state index in [0.29, 0.717) is 11.6 Å². The van der Waals surface area contributed by atoms with E-state index < -0.39 is 10.0 Å². The molecule has 0 saturated heterocycles. The quantitative estimate of drug-likeness (QED) is 0.843. The normalized spacial score (nSPS) is 25.7. The Morgan fingerprint density at radius 2 is 1.75 bits per heavy atom. The van der Waals surface area contributed by atoms with E-state index in [-0.39, 0.29) is 19.0 Å². The van der Waals surface area contributed by atoms with Crippen LogP contribution in [-0.4, -0.2) is 27.6 Å². The summed E-state index contributed by atoms with van der Waals surface area (Å²) < 4.78 is 43.6. The molecule has 5 rings (SSSR count). The highest BCUT2D eigenvalue weighted by Crippen LogP contribution is 2.50. The molecule has 2 aromatic carbocycles. The van der Waals surface area contributed by atoms with Gasteiger partial charge in [-0.15, -0.1) is 0 Å². The van der Waals surface area contributed by atoms with Crippen molar-refractivity contribution in [1.29, 1.82) is 0 Å². The summed E-state index contributed by atoms with van der Waals surface area (Å²) in [5.41, 5.74) is 3.82. The number of fused-ring (bicyclic) bond motifs is 4. The number of anilines is 1. The van der Waals surface area contributed by atoms with Crippen molar-refractivity contribution in [2.24, 2.45) is 0 Å². The molecule has 2 heterocycles. The Balaban J connectivity index is 1.59. The summed E-state index contributed by atoms with van der Waals surface area (Å²) in [5.74, 6) is 1.91. The molecular weight excluding hydrogens is 378 g/mol. The fourth-order valence-corrected chi connectivity index (χ4v) is 5.18. The van der Waals surface area contributed by atoms with Crippen LogP contribution in [0.15, 0.2) is 36.4 Å². The van der Waals surface area contributed by atoms with Crippen LogP contribution < -0.4 is 14.2 Å². The summed E-state index contributed by atoms with van der Waals surface area (Å²) in [4.78, 5) is 0. The molecule has 2 aromatic rings. The predicted octanol–water partition coefficient (Wildman–Crippen LogP) is 3.93. The standard InChI is InChI=1S/C21H23NO5S/c1-28(23,24)22-14-6-4-5-13(9-14)21-17-11-20-19(25-12-26-20)10-16(17)15-7-2-3-8-18(15)27-21/h4-6,9-11,15,18,21-22H,2-3,7-8,12H2,1H3/t15-,18+,21-/m1/s1. The number of hydrogen-bond acceptors (Lipinski definition) is 5. The summed E-state index contributed by atoms with van der Waals surface area (Å²) in [5, 5.41) is 0. The molecule has 0 spiro atoms. The molecule has 0 bridgehead atoms. The average molecular weight is 401 g/mol. The lowest BCUT2D eigenvalue weighted by atomic mass is 9.76. The molecule has 0 amide bonds. The fourth-order valence-electron chi connectivity index (χ4n) is 4.62. The molecule has 2 aliphatic heterocycles. The zero-order valence-electron chi connectivity index (χ0n) is 15.7. The number of rotatable bonds is 3. The van der Waals surface area contributed by atoms with Crippen molar-refractivity contribution in [2.45, 2.75) is 43.8 Å². The molecule has 0 aromatic heterocycles. The van der Waals surface area contributed by atoms with Crippen molar-refractivity contribution >= 4 is 15.7 Å². The maximum atomic E-state index is 11.6. The Morgan fingerprint density at radius 3 is 2.54 bits per heavy atom. The minimum absolute atomic E-state index is 0.165. The second-order valence-electron chi connectivity index (χ2n) is 7.78. The van der Waals surface area contributed by atoms with Crippen LogP contribution in [0.4, 0.5) is 5.69 Å². The lowest BCUT2D eigenvalue weighted by molar-refractivity contribution is -0.0389. The third-order valence-electron chi connectivity index (χ3n) is 5.77. The van der Waals surface area contributed by atoms with Crippen molar-refractivity contribution in [3.05, 3.63) is 53.1 Å². The van der Waals surface area contributed by atoms with Gasteiger partial charge in [-0.05, 0) is 53.8 Å². The maximum absolute atomic E-state index is 11.6. The molecule has 1 saturated carbocycles. The largest absolute Gasteiger partial charge is 0.454 e. The first-order valence-corrected chi connectivity index (χ1v) is 11.5. The molecule has 1 N–H and O–H groups in total. The molecule has 1 fully saturated rings. The smallest absolute Gasteiger partial charge is 0.231 e. The highest BCUT2D eigenvalue weighted by molar-refractivity contribution is 7.92. The van der Waals surface area contributed by atoms with Gasteiger partial charge < -0.3 is 14.2 Å². The summed E-state index contributed by atoms with van der Waals surface area (Å²) in [6.45, 7) is 0.242. The highest BCUT2D eigenvalue weighted by Gasteiger charge is 2.39. The van der Waals surface area contributed by atoms with E-state index >= 15 is 0 Å². The topological polar surface area (TPSA) is 73.9 Å². The molecule has 7 heteroatoms. The van der Waals surface area contributed by atoms with Gasteiger partial charge in [0.2, 0.25) is 16.8 Å². The first-order chi connectivity index (χ1) is 13.5. The molecule has 3 atom stereocenters. The van der Waals surface area contributed by atoms with Crippen LogP contribution in [0.5, 0.6) is 11.5 Å². The van der Waals surface area contributed by atoms with Crippen molar-refractivity contribution in [1.82, 2.24) is 0 Å². The molecule has 28 heavy (non-hydrogen) atoms. The van der Waals surface area contributed by atoms with Gasteiger partial charge in [-0.1, -0.05) is 25.0 Å². The van der Waals surface area contributed by atoms with Crippen LogP contribution in [-0.2, 0) is 14.8 Å². The van der Waals surface area contributed by atoms with Crippen LogP contribution in [0.2, 0.25) is 0 Å². The molecule has 0 radical (unpaired) electrons. The van der Waals surface area contributed by atoms with E-state index in [1.54, 1.807) is 6.07 Å². The first kappa shape index (κ1) is 17.8. The van der Waals surface area contributed by atoms with Gasteiger partial charge in [-0.2, -0.15) is 0 Å². The molecule has 1 aliphatic carbocycles. The Kier molecular flexibility index (Phi) is 4.25. The van der Waals surface area contributed by atoms with Crippen molar-refractivity contribution < 1.29 is 22.6 Å². The van der Waals surface area contributed by atoms with Crippen LogP contribution >= 0.6 is 0 Å².